The minimum Gasteiger partial charge on any atom is -0.491 e. The van der Waals surface area contributed by atoms with Gasteiger partial charge in [-0.25, -0.2) is 9.37 Å². The van der Waals surface area contributed by atoms with Gasteiger partial charge in [-0.2, -0.15) is 0 Å². The SMILES string of the molecule is CCCOc1nc(I)c(F)cc1OC. The van der Waals surface area contributed by atoms with E-state index in [1.165, 1.54) is 13.2 Å². The molecule has 0 atom stereocenters. The van der Waals surface area contributed by atoms with E-state index in [9.17, 15) is 4.39 Å². The molecule has 1 rings (SSSR count). The number of methoxy groups -OCH3 is 1. The molecular formula is C9H11FINO2. The molecule has 0 unspecified atom stereocenters. The van der Waals surface area contributed by atoms with Crippen molar-refractivity contribution >= 4 is 22.6 Å². The van der Waals surface area contributed by atoms with Crippen LogP contribution < -0.4 is 9.47 Å². The van der Waals surface area contributed by atoms with Crippen LogP contribution in [-0.2, 0) is 0 Å². The standard InChI is InChI=1S/C9H11FINO2/c1-3-4-14-9-7(13-2)5-6(10)8(11)12-9/h5H,3-4H2,1-2H3. The van der Waals surface area contributed by atoms with E-state index in [2.05, 4.69) is 4.98 Å². The summed E-state index contributed by atoms with van der Waals surface area (Å²) >= 11 is 1.81. The summed E-state index contributed by atoms with van der Waals surface area (Å²) in [6.45, 7) is 2.53. The van der Waals surface area contributed by atoms with Gasteiger partial charge in [0.2, 0.25) is 0 Å². The molecule has 0 aromatic carbocycles. The van der Waals surface area contributed by atoms with Gasteiger partial charge in [0.15, 0.2) is 11.6 Å². The summed E-state index contributed by atoms with van der Waals surface area (Å²) in [5.41, 5.74) is 0. The molecule has 0 aliphatic heterocycles. The Bertz CT molecular complexity index is 320. The summed E-state index contributed by atoms with van der Waals surface area (Å²) in [5, 5.41) is 0. The van der Waals surface area contributed by atoms with Crippen molar-refractivity contribution in [2.75, 3.05) is 13.7 Å². The maximum absolute atomic E-state index is 13.1. The molecule has 0 radical (unpaired) electrons. The maximum atomic E-state index is 13.1. The first kappa shape index (κ1) is 11.5. The second kappa shape index (κ2) is 5.33. The zero-order valence-electron chi connectivity index (χ0n) is 8.01. The molecule has 0 saturated carbocycles. The number of hydrogen-bond acceptors (Lipinski definition) is 3. The van der Waals surface area contributed by atoms with Crippen LogP contribution in [0.3, 0.4) is 0 Å². The lowest BCUT2D eigenvalue weighted by Gasteiger charge is -2.09. The van der Waals surface area contributed by atoms with E-state index in [4.69, 9.17) is 9.47 Å². The summed E-state index contributed by atoms with van der Waals surface area (Å²) in [7, 11) is 1.46. The van der Waals surface area contributed by atoms with E-state index in [0.717, 1.165) is 6.42 Å². The van der Waals surface area contributed by atoms with Crippen molar-refractivity contribution in [1.82, 2.24) is 4.98 Å². The Kier molecular flexibility index (Phi) is 4.37. The second-order valence-electron chi connectivity index (χ2n) is 2.62. The Morgan fingerprint density at radius 2 is 2.29 bits per heavy atom. The van der Waals surface area contributed by atoms with Crippen LogP contribution in [-0.4, -0.2) is 18.7 Å². The Labute approximate surface area is 95.8 Å². The minimum absolute atomic E-state index is 0.287. The maximum Gasteiger partial charge on any atom is 0.258 e. The number of rotatable bonds is 4. The molecule has 3 nitrogen and oxygen atoms in total. The number of nitrogens with zero attached hydrogens (tertiary/aromatic N) is 1. The topological polar surface area (TPSA) is 31.4 Å². The molecule has 0 spiro atoms. The van der Waals surface area contributed by atoms with Gasteiger partial charge >= 0.3 is 0 Å². The Morgan fingerprint density at radius 3 is 2.86 bits per heavy atom. The Balaban J connectivity index is 2.95. The van der Waals surface area contributed by atoms with E-state index in [-0.39, 0.29) is 3.70 Å². The van der Waals surface area contributed by atoms with Crippen molar-refractivity contribution < 1.29 is 13.9 Å². The summed E-state index contributed by atoms with van der Waals surface area (Å²) < 4.78 is 23.6. The molecule has 0 aliphatic carbocycles. The first-order valence-corrected chi connectivity index (χ1v) is 5.29. The average Bonchev–Trinajstić information content (AvgIpc) is 2.19. The normalized spacial score (nSPS) is 10.0. The third kappa shape index (κ3) is 2.70. The smallest absolute Gasteiger partial charge is 0.258 e. The monoisotopic (exact) mass is 311 g/mol. The highest BCUT2D eigenvalue weighted by Crippen LogP contribution is 2.27. The summed E-state index contributed by atoms with van der Waals surface area (Å²) in [6.07, 6.45) is 0.874. The zero-order valence-corrected chi connectivity index (χ0v) is 10.2. The lowest BCUT2D eigenvalue weighted by Crippen LogP contribution is -2.02. The van der Waals surface area contributed by atoms with Gasteiger partial charge in [0, 0.05) is 6.07 Å². The predicted molar refractivity (Wildman–Crippen MR) is 59.3 cm³/mol. The van der Waals surface area contributed by atoms with Crippen LogP contribution in [0.5, 0.6) is 11.6 Å². The lowest BCUT2D eigenvalue weighted by atomic mass is 10.4. The third-order valence-electron chi connectivity index (χ3n) is 1.53. The van der Waals surface area contributed by atoms with Crippen molar-refractivity contribution in [3.63, 3.8) is 0 Å². The molecule has 1 aromatic rings. The van der Waals surface area contributed by atoms with E-state index < -0.39 is 5.82 Å². The highest BCUT2D eigenvalue weighted by Gasteiger charge is 2.11. The van der Waals surface area contributed by atoms with Gasteiger partial charge in [0.1, 0.15) is 3.70 Å². The molecule has 14 heavy (non-hydrogen) atoms. The van der Waals surface area contributed by atoms with Crippen LogP contribution in [0, 0.1) is 9.52 Å². The summed E-state index contributed by atoms with van der Waals surface area (Å²) in [4.78, 5) is 3.95. The fourth-order valence-corrected chi connectivity index (χ4v) is 1.26. The van der Waals surface area contributed by atoms with Crippen molar-refractivity contribution in [2.24, 2.45) is 0 Å². The largest absolute Gasteiger partial charge is 0.491 e. The molecule has 0 bridgehead atoms. The number of hydrogen-bond donors (Lipinski definition) is 0. The van der Waals surface area contributed by atoms with Crippen LogP contribution in [0.15, 0.2) is 6.07 Å². The van der Waals surface area contributed by atoms with Gasteiger partial charge in [-0.3, -0.25) is 0 Å². The van der Waals surface area contributed by atoms with Crippen molar-refractivity contribution in [3.8, 4) is 11.6 Å². The fraction of sp³-hybridized carbons (Fsp3) is 0.444. The highest BCUT2D eigenvalue weighted by atomic mass is 127. The molecule has 0 fully saturated rings. The molecule has 5 heteroatoms. The number of halogens is 2. The van der Waals surface area contributed by atoms with Crippen LogP contribution in [0.2, 0.25) is 0 Å². The minimum atomic E-state index is -0.397. The molecule has 0 amide bonds. The van der Waals surface area contributed by atoms with Crippen molar-refractivity contribution in [2.45, 2.75) is 13.3 Å². The molecule has 0 aliphatic rings. The van der Waals surface area contributed by atoms with Gasteiger partial charge in [-0.1, -0.05) is 6.92 Å². The van der Waals surface area contributed by atoms with E-state index >= 15 is 0 Å². The summed E-state index contributed by atoms with van der Waals surface area (Å²) in [5.74, 6) is 0.280. The van der Waals surface area contributed by atoms with Gasteiger partial charge < -0.3 is 9.47 Å². The fourth-order valence-electron chi connectivity index (χ4n) is 0.882. The van der Waals surface area contributed by atoms with E-state index in [1.807, 2.05) is 29.5 Å². The van der Waals surface area contributed by atoms with Crippen LogP contribution in [0.1, 0.15) is 13.3 Å². The van der Waals surface area contributed by atoms with Crippen LogP contribution in [0.25, 0.3) is 0 Å². The highest BCUT2D eigenvalue weighted by molar-refractivity contribution is 14.1. The molecular weight excluding hydrogens is 300 g/mol. The number of pyridine rings is 1. The second-order valence-corrected chi connectivity index (χ2v) is 3.64. The molecule has 78 valence electrons. The number of aromatic nitrogens is 1. The van der Waals surface area contributed by atoms with Crippen molar-refractivity contribution in [1.29, 1.82) is 0 Å². The molecule has 0 N–H and O–H groups in total. The quantitative estimate of drug-likeness (QED) is 0.633. The zero-order chi connectivity index (χ0) is 10.6. The first-order valence-electron chi connectivity index (χ1n) is 4.21. The Morgan fingerprint density at radius 1 is 1.57 bits per heavy atom. The van der Waals surface area contributed by atoms with Crippen molar-refractivity contribution in [3.05, 3.63) is 15.6 Å². The molecule has 1 aromatic heterocycles. The predicted octanol–water partition coefficient (Wildman–Crippen LogP) is 2.62. The van der Waals surface area contributed by atoms with E-state index in [1.54, 1.807) is 0 Å². The Hall–Kier alpha value is -0.590. The lowest BCUT2D eigenvalue weighted by molar-refractivity contribution is 0.280. The summed E-state index contributed by atoms with van der Waals surface area (Å²) in [6, 6.07) is 1.28. The molecule has 0 saturated heterocycles. The third-order valence-corrected chi connectivity index (χ3v) is 2.28. The van der Waals surface area contributed by atoms with Gasteiger partial charge in [-0.15, -0.1) is 0 Å². The number of ether oxygens (including phenoxy) is 2. The van der Waals surface area contributed by atoms with Gasteiger partial charge in [0.05, 0.1) is 13.7 Å². The van der Waals surface area contributed by atoms with E-state index in [0.29, 0.717) is 18.2 Å². The van der Waals surface area contributed by atoms with Gasteiger partial charge in [-0.05, 0) is 29.0 Å². The van der Waals surface area contributed by atoms with Crippen LogP contribution >= 0.6 is 22.6 Å². The average molecular weight is 311 g/mol. The van der Waals surface area contributed by atoms with Crippen LogP contribution in [0.4, 0.5) is 4.39 Å². The first-order chi connectivity index (χ1) is 6.69. The molecule has 1 heterocycles. The van der Waals surface area contributed by atoms with Gasteiger partial charge in [0.25, 0.3) is 5.88 Å².